The zero-order valence-electron chi connectivity index (χ0n) is 10.6. The number of aromatic nitrogens is 2. The minimum atomic E-state index is 0.443. The van der Waals surface area contributed by atoms with Gasteiger partial charge in [-0.3, -0.25) is 4.68 Å². The number of hydrogen-bond acceptors (Lipinski definition) is 3. The van der Waals surface area contributed by atoms with Gasteiger partial charge in [0, 0.05) is 24.3 Å². The van der Waals surface area contributed by atoms with Crippen LogP contribution in [0, 0.1) is 0 Å². The highest BCUT2D eigenvalue weighted by molar-refractivity contribution is 7.99. The van der Waals surface area contributed by atoms with Crippen molar-refractivity contribution in [3.63, 3.8) is 0 Å². The summed E-state index contributed by atoms with van der Waals surface area (Å²) in [6.45, 7) is 5.43. The van der Waals surface area contributed by atoms with E-state index in [4.69, 9.17) is 0 Å². The average molecular weight is 241 g/mol. The first kappa shape index (κ1) is 13.6. The maximum Gasteiger partial charge on any atom is 0.0537 e. The van der Waals surface area contributed by atoms with Crippen molar-refractivity contribution in [3.05, 3.63) is 18.0 Å². The summed E-state index contributed by atoms with van der Waals surface area (Å²) in [6.07, 6.45) is 6.46. The lowest BCUT2D eigenvalue weighted by atomic mass is 10.1. The molecule has 4 heteroatoms. The first-order valence-electron chi connectivity index (χ1n) is 6.09. The van der Waals surface area contributed by atoms with Crippen LogP contribution in [-0.4, -0.2) is 28.3 Å². The fourth-order valence-electron chi connectivity index (χ4n) is 1.76. The molecule has 0 aliphatic carbocycles. The van der Waals surface area contributed by atoms with Crippen LogP contribution in [0.5, 0.6) is 0 Å². The van der Waals surface area contributed by atoms with Gasteiger partial charge in [0.1, 0.15) is 0 Å². The van der Waals surface area contributed by atoms with Crippen LogP contribution in [0.15, 0.2) is 12.4 Å². The van der Waals surface area contributed by atoms with Crippen LogP contribution in [0.1, 0.15) is 38.3 Å². The number of aryl methyl sites for hydroxylation is 1. The molecule has 1 rings (SSSR count). The normalized spacial score (nSPS) is 12.9. The van der Waals surface area contributed by atoms with E-state index in [9.17, 15) is 0 Å². The molecule has 0 saturated heterocycles. The molecule has 0 aliphatic rings. The molecule has 1 atom stereocenters. The van der Waals surface area contributed by atoms with Crippen molar-refractivity contribution < 1.29 is 0 Å². The smallest absolute Gasteiger partial charge is 0.0537 e. The predicted octanol–water partition coefficient (Wildman–Crippen LogP) is 2.70. The van der Waals surface area contributed by atoms with Crippen molar-refractivity contribution in [1.82, 2.24) is 15.1 Å². The molecule has 0 spiro atoms. The molecule has 0 amide bonds. The Labute approximate surface area is 103 Å². The quantitative estimate of drug-likeness (QED) is 0.710. The summed E-state index contributed by atoms with van der Waals surface area (Å²) in [5.74, 6) is 2.44. The van der Waals surface area contributed by atoms with E-state index >= 15 is 0 Å². The Kier molecular flexibility index (Phi) is 6.57. The number of nitrogens with zero attached hydrogens (tertiary/aromatic N) is 2. The van der Waals surface area contributed by atoms with Crippen LogP contribution in [0.25, 0.3) is 0 Å². The third-order valence-corrected chi connectivity index (χ3v) is 3.68. The van der Waals surface area contributed by atoms with E-state index in [1.54, 1.807) is 0 Å². The number of rotatable bonds is 8. The summed E-state index contributed by atoms with van der Waals surface area (Å²) in [4.78, 5) is 0. The molecule has 0 aromatic carbocycles. The van der Waals surface area contributed by atoms with Crippen molar-refractivity contribution in [1.29, 1.82) is 0 Å². The monoisotopic (exact) mass is 241 g/mol. The van der Waals surface area contributed by atoms with E-state index in [1.807, 2.05) is 25.0 Å². The van der Waals surface area contributed by atoms with Crippen LogP contribution in [0.4, 0.5) is 0 Å². The molecule has 1 heterocycles. The topological polar surface area (TPSA) is 29.9 Å². The van der Waals surface area contributed by atoms with Gasteiger partial charge in [-0.05, 0) is 31.4 Å². The van der Waals surface area contributed by atoms with Gasteiger partial charge in [0.05, 0.1) is 6.20 Å². The molecule has 92 valence electrons. The van der Waals surface area contributed by atoms with E-state index in [-0.39, 0.29) is 0 Å². The van der Waals surface area contributed by atoms with Gasteiger partial charge in [-0.1, -0.05) is 13.8 Å². The fourth-order valence-corrected chi connectivity index (χ4v) is 2.38. The van der Waals surface area contributed by atoms with Gasteiger partial charge in [0.2, 0.25) is 0 Å². The Hall–Kier alpha value is -0.480. The molecule has 1 aromatic rings. The van der Waals surface area contributed by atoms with Gasteiger partial charge in [-0.2, -0.15) is 16.9 Å². The fraction of sp³-hybridized carbons (Fsp3) is 0.750. The molecule has 1 unspecified atom stereocenters. The second kappa shape index (κ2) is 7.74. The number of nitrogens with one attached hydrogen (secondary N) is 1. The molecular formula is C12H23N3S. The number of thioether (sulfide) groups is 1. The van der Waals surface area contributed by atoms with Crippen molar-refractivity contribution >= 4 is 11.8 Å². The lowest BCUT2D eigenvalue weighted by molar-refractivity contribution is 0.571. The summed E-state index contributed by atoms with van der Waals surface area (Å²) >= 11 is 2.00. The summed E-state index contributed by atoms with van der Waals surface area (Å²) < 4.78 is 2.06. The molecule has 1 aromatic heterocycles. The van der Waals surface area contributed by atoms with E-state index < -0.39 is 0 Å². The van der Waals surface area contributed by atoms with Gasteiger partial charge in [0.15, 0.2) is 0 Å². The molecular weight excluding hydrogens is 218 g/mol. The lowest BCUT2D eigenvalue weighted by Crippen LogP contribution is -2.14. The molecule has 3 nitrogen and oxygen atoms in total. The molecule has 0 aliphatic heterocycles. The van der Waals surface area contributed by atoms with Gasteiger partial charge in [-0.15, -0.1) is 0 Å². The summed E-state index contributed by atoms with van der Waals surface area (Å²) in [7, 11) is 2.00. The van der Waals surface area contributed by atoms with E-state index in [0.717, 1.165) is 13.0 Å². The van der Waals surface area contributed by atoms with Crippen molar-refractivity contribution in [2.45, 2.75) is 39.3 Å². The largest absolute Gasteiger partial charge is 0.313 e. The van der Waals surface area contributed by atoms with Gasteiger partial charge in [-0.25, -0.2) is 0 Å². The van der Waals surface area contributed by atoms with Crippen LogP contribution in [-0.2, 0) is 6.54 Å². The Morgan fingerprint density at radius 3 is 2.94 bits per heavy atom. The van der Waals surface area contributed by atoms with Gasteiger partial charge in [0.25, 0.3) is 0 Å². The van der Waals surface area contributed by atoms with Gasteiger partial charge < -0.3 is 5.32 Å². The van der Waals surface area contributed by atoms with Gasteiger partial charge >= 0.3 is 0 Å². The van der Waals surface area contributed by atoms with E-state index in [2.05, 4.69) is 35.1 Å². The molecule has 0 radical (unpaired) electrons. The third kappa shape index (κ3) is 4.18. The highest BCUT2D eigenvalue weighted by Gasteiger charge is 2.08. The van der Waals surface area contributed by atoms with Crippen molar-refractivity contribution in [3.8, 4) is 0 Å². The van der Waals surface area contributed by atoms with Crippen molar-refractivity contribution in [2.75, 3.05) is 18.6 Å². The van der Waals surface area contributed by atoms with Crippen molar-refractivity contribution in [2.24, 2.45) is 0 Å². The first-order chi connectivity index (χ1) is 7.81. The summed E-state index contributed by atoms with van der Waals surface area (Å²) in [5, 5.41) is 7.70. The third-order valence-electron chi connectivity index (χ3n) is 2.69. The van der Waals surface area contributed by atoms with Crippen LogP contribution in [0.2, 0.25) is 0 Å². The SMILES string of the molecule is CCSCCCn1cc(C(CC)NC)cn1. The van der Waals surface area contributed by atoms with E-state index in [1.165, 1.54) is 23.5 Å². The number of hydrogen-bond donors (Lipinski definition) is 1. The molecule has 0 saturated carbocycles. The van der Waals surface area contributed by atoms with Crippen LogP contribution >= 0.6 is 11.8 Å². The summed E-state index contributed by atoms with van der Waals surface area (Å²) in [6, 6.07) is 0.443. The molecule has 16 heavy (non-hydrogen) atoms. The second-order valence-corrected chi connectivity index (χ2v) is 5.23. The lowest BCUT2D eigenvalue weighted by Gasteiger charge is -2.10. The molecule has 0 bridgehead atoms. The summed E-state index contributed by atoms with van der Waals surface area (Å²) in [5.41, 5.74) is 1.30. The zero-order chi connectivity index (χ0) is 11.8. The zero-order valence-corrected chi connectivity index (χ0v) is 11.4. The second-order valence-electron chi connectivity index (χ2n) is 3.84. The Balaban J connectivity index is 2.38. The first-order valence-corrected chi connectivity index (χ1v) is 7.24. The predicted molar refractivity (Wildman–Crippen MR) is 71.9 cm³/mol. The minimum Gasteiger partial charge on any atom is -0.313 e. The minimum absolute atomic E-state index is 0.443. The highest BCUT2D eigenvalue weighted by atomic mass is 32.2. The maximum absolute atomic E-state index is 4.40. The standard InChI is InChI=1S/C12H23N3S/c1-4-12(13-3)11-9-14-15(10-11)7-6-8-16-5-2/h9-10,12-13H,4-8H2,1-3H3. The van der Waals surface area contributed by atoms with Crippen LogP contribution < -0.4 is 5.32 Å². The molecule has 0 fully saturated rings. The molecule has 1 N–H and O–H groups in total. The average Bonchev–Trinajstić information content (AvgIpc) is 2.75. The van der Waals surface area contributed by atoms with Crippen LogP contribution in [0.3, 0.4) is 0 Å². The highest BCUT2D eigenvalue weighted by Crippen LogP contribution is 2.14. The Morgan fingerprint density at radius 2 is 2.31 bits per heavy atom. The maximum atomic E-state index is 4.40. The Morgan fingerprint density at radius 1 is 1.50 bits per heavy atom. The Bertz CT molecular complexity index is 282. The van der Waals surface area contributed by atoms with E-state index in [0.29, 0.717) is 6.04 Å².